The second kappa shape index (κ2) is 5.44. The quantitative estimate of drug-likeness (QED) is 0.897. The number of carbonyl (C=O) groups is 1. The van der Waals surface area contributed by atoms with E-state index in [2.05, 4.69) is 0 Å². The van der Waals surface area contributed by atoms with E-state index in [0.717, 1.165) is 4.31 Å². The Hall–Kier alpha value is -1.56. The minimum atomic E-state index is -3.88. The van der Waals surface area contributed by atoms with Gasteiger partial charge in [-0.25, -0.2) is 8.42 Å². The van der Waals surface area contributed by atoms with Gasteiger partial charge in [-0.2, -0.15) is 9.57 Å². The summed E-state index contributed by atoms with van der Waals surface area (Å²) in [5, 5.41) is 17.4. The number of carboxylic acids is 1. The van der Waals surface area contributed by atoms with Crippen LogP contribution in [0.1, 0.15) is 12.5 Å². The lowest BCUT2D eigenvalue weighted by atomic mass is 10.2. The summed E-state index contributed by atoms with van der Waals surface area (Å²) < 4.78 is 26.1. The van der Waals surface area contributed by atoms with Crippen molar-refractivity contribution in [3.05, 3.63) is 29.8 Å². The molecule has 0 aliphatic carbocycles. The first kappa shape index (κ1) is 14.8. The van der Waals surface area contributed by atoms with Gasteiger partial charge in [0, 0.05) is 5.75 Å². The highest BCUT2D eigenvalue weighted by Gasteiger charge is 2.44. The van der Waals surface area contributed by atoms with Crippen LogP contribution in [0.15, 0.2) is 29.2 Å². The molecule has 0 bridgehead atoms. The molecule has 106 valence electrons. The molecule has 0 saturated carbocycles. The van der Waals surface area contributed by atoms with Gasteiger partial charge in [-0.15, -0.1) is 11.8 Å². The number of rotatable bonds is 3. The number of thioether (sulfide) groups is 1. The number of carboxylic acid groups (broad SMARTS) is 1. The number of nitriles is 1. The topological polar surface area (TPSA) is 98.5 Å². The molecule has 2 unspecified atom stereocenters. The summed E-state index contributed by atoms with van der Waals surface area (Å²) in [7, 11) is -3.88. The van der Waals surface area contributed by atoms with Crippen LogP contribution >= 0.6 is 11.8 Å². The monoisotopic (exact) mass is 312 g/mol. The van der Waals surface area contributed by atoms with E-state index in [4.69, 9.17) is 10.4 Å². The number of hydrogen-bond donors (Lipinski definition) is 1. The lowest BCUT2D eigenvalue weighted by Gasteiger charge is -2.24. The van der Waals surface area contributed by atoms with Crippen LogP contribution in [-0.4, -0.2) is 41.0 Å². The Bertz CT molecular complexity index is 664. The normalized spacial score (nSPS) is 23.4. The summed E-state index contributed by atoms with van der Waals surface area (Å²) >= 11 is 1.28. The second-order valence-corrected chi connectivity index (χ2v) is 7.45. The molecule has 1 fully saturated rings. The van der Waals surface area contributed by atoms with Gasteiger partial charge in [-0.3, -0.25) is 4.79 Å². The SMILES string of the molecule is CC1SCC(C(=O)O)N1S(=O)(=O)c1ccc(C#N)cc1. The van der Waals surface area contributed by atoms with E-state index in [-0.39, 0.29) is 10.6 Å². The van der Waals surface area contributed by atoms with Crippen molar-refractivity contribution in [2.75, 3.05) is 5.75 Å². The molecule has 0 spiro atoms. The molecule has 1 aliphatic heterocycles. The first-order valence-corrected chi connectivity index (χ1v) is 8.25. The molecule has 0 aromatic heterocycles. The largest absolute Gasteiger partial charge is 0.480 e. The van der Waals surface area contributed by atoms with Crippen LogP contribution in [0.25, 0.3) is 0 Å². The van der Waals surface area contributed by atoms with Gasteiger partial charge in [0.2, 0.25) is 10.0 Å². The molecular formula is C12H12N2O4S2. The predicted octanol–water partition coefficient (Wildman–Crippen LogP) is 1.09. The summed E-state index contributed by atoms with van der Waals surface area (Å²) in [6.45, 7) is 1.66. The fourth-order valence-corrected chi connectivity index (χ4v) is 5.29. The molecule has 0 amide bonds. The molecule has 2 rings (SSSR count). The zero-order valence-electron chi connectivity index (χ0n) is 10.6. The first-order chi connectivity index (χ1) is 9.37. The van der Waals surface area contributed by atoms with Crippen LogP contribution in [0.2, 0.25) is 0 Å². The molecule has 8 heteroatoms. The molecule has 0 radical (unpaired) electrons. The van der Waals surface area contributed by atoms with Crippen molar-refractivity contribution in [2.45, 2.75) is 23.2 Å². The van der Waals surface area contributed by atoms with Gasteiger partial charge in [0.15, 0.2) is 0 Å². The van der Waals surface area contributed by atoms with Gasteiger partial charge >= 0.3 is 5.97 Å². The third-order valence-electron chi connectivity index (χ3n) is 3.00. The second-order valence-electron chi connectivity index (χ2n) is 4.26. The van der Waals surface area contributed by atoms with Crippen molar-refractivity contribution in [1.29, 1.82) is 5.26 Å². The third kappa shape index (κ3) is 2.52. The molecule has 2 atom stereocenters. The van der Waals surface area contributed by atoms with Crippen LogP contribution in [0, 0.1) is 11.3 Å². The molecule has 1 aromatic rings. The van der Waals surface area contributed by atoms with E-state index in [1.807, 2.05) is 6.07 Å². The molecule has 1 heterocycles. The maximum absolute atomic E-state index is 12.5. The maximum Gasteiger partial charge on any atom is 0.322 e. The highest BCUT2D eigenvalue weighted by molar-refractivity contribution is 8.01. The smallest absolute Gasteiger partial charge is 0.322 e. The highest BCUT2D eigenvalue weighted by Crippen LogP contribution is 2.34. The van der Waals surface area contributed by atoms with Crippen LogP contribution in [0.4, 0.5) is 0 Å². The van der Waals surface area contributed by atoms with Crippen molar-refractivity contribution >= 4 is 27.8 Å². The summed E-state index contributed by atoms with van der Waals surface area (Å²) in [6.07, 6.45) is 0. The minimum Gasteiger partial charge on any atom is -0.480 e. The van der Waals surface area contributed by atoms with Crippen LogP contribution < -0.4 is 0 Å². The number of benzene rings is 1. The van der Waals surface area contributed by atoms with E-state index < -0.39 is 27.4 Å². The molecule has 20 heavy (non-hydrogen) atoms. The molecule has 1 N–H and O–H groups in total. The lowest BCUT2D eigenvalue weighted by Crippen LogP contribution is -2.44. The third-order valence-corrected chi connectivity index (χ3v) is 6.35. The van der Waals surface area contributed by atoms with Crippen molar-refractivity contribution in [3.63, 3.8) is 0 Å². The van der Waals surface area contributed by atoms with E-state index in [9.17, 15) is 13.2 Å². The van der Waals surface area contributed by atoms with Crippen molar-refractivity contribution in [2.24, 2.45) is 0 Å². The summed E-state index contributed by atoms with van der Waals surface area (Å²) in [5.74, 6) is -0.925. The number of sulfonamides is 1. The Labute approximate surface area is 121 Å². The van der Waals surface area contributed by atoms with Crippen LogP contribution in [0.5, 0.6) is 0 Å². The van der Waals surface area contributed by atoms with Crippen molar-refractivity contribution < 1.29 is 18.3 Å². The molecule has 1 aliphatic rings. The van der Waals surface area contributed by atoms with Gasteiger partial charge in [-0.1, -0.05) is 0 Å². The standard InChI is InChI=1S/C12H12N2O4S2/c1-8-14(11(7-19-8)12(15)16)20(17,18)10-4-2-9(6-13)3-5-10/h2-5,8,11H,7H2,1H3,(H,15,16). The average molecular weight is 312 g/mol. The minimum absolute atomic E-state index is 0.00269. The van der Waals surface area contributed by atoms with E-state index >= 15 is 0 Å². The molecular weight excluding hydrogens is 300 g/mol. The highest BCUT2D eigenvalue weighted by atomic mass is 32.2. The average Bonchev–Trinajstić information content (AvgIpc) is 2.81. The summed E-state index contributed by atoms with van der Waals surface area (Å²) in [4.78, 5) is 11.2. The Morgan fingerprint density at radius 1 is 1.45 bits per heavy atom. The number of hydrogen-bond acceptors (Lipinski definition) is 5. The number of nitrogens with zero attached hydrogens (tertiary/aromatic N) is 2. The molecule has 6 nitrogen and oxygen atoms in total. The Morgan fingerprint density at radius 3 is 2.55 bits per heavy atom. The number of aliphatic carboxylic acids is 1. The Balaban J connectivity index is 2.42. The molecule has 1 saturated heterocycles. The van der Waals surface area contributed by atoms with Gasteiger partial charge in [0.05, 0.1) is 21.9 Å². The molecule has 1 aromatic carbocycles. The van der Waals surface area contributed by atoms with Gasteiger partial charge in [0.25, 0.3) is 0 Å². The van der Waals surface area contributed by atoms with Gasteiger partial charge in [-0.05, 0) is 31.2 Å². The van der Waals surface area contributed by atoms with E-state index in [0.29, 0.717) is 5.56 Å². The van der Waals surface area contributed by atoms with Gasteiger partial charge < -0.3 is 5.11 Å². The van der Waals surface area contributed by atoms with Crippen molar-refractivity contribution in [1.82, 2.24) is 4.31 Å². The Morgan fingerprint density at radius 2 is 2.05 bits per heavy atom. The summed E-state index contributed by atoms with van der Waals surface area (Å²) in [6, 6.07) is 6.29. The first-order valence-electron chi connectivity index (χ1n) is 5.76. The fourth-order valence-electron chi connectivity index (χ4n) is 2.00. The van der Waals surface area contributed by atoms with Crippen LogP contribution in [0.3, 0.4) is 0 Å². The van der Waals surface area contributed by atoms with E-state index in [1.165, 1.54) is 36.0 Å². The Kier molecular flexibility index (Phi) is 4.04. The van der Waals surface area contributed by atoms with Crippen LogP contribution in [-0.2, 0) is 14.8 Å². The van der Waals surface area contributed by atoms with E-state index in [1.54, 1.807) is 6.92 Å². The summed E-state index contributed by atoms with van der Waals surface area (Å²) in [5.41, 5.74) is 0.350. The predicted molar refractivity (Wildman–Crippen MR) is 73.5 cm³/mol. The van der Waals surface area contributed by atoms with Gasteiger partial charge in [0.1, 0.15) is 6.04 Å². The zero-order valence-corrected chi connectivity index (χ0v) is 12.2. The fraction of sp³-hybridized carbons (Fsp3) is 0.333. The van der Waals surface area contributed by atoms with Crippen molar-refractivity contribution in [3.8, 4) is 6.07 Å². The maximum atomic E-state index is 12.5. The zero-order chi connectivity index (χ0) is 14.9. The lowest BCUT2D eigenvalue weighted by molar-refractivity contribution is -0.140.